The van der Waals surface area contributed by atoms with Crippen molar-refractivity contribution < 1.29 is 9.59 Å². The summed E-state index contributed by atoms with van der Waals surface area (Å²) in [5.74, 6) is 0.340. The van der Waals surface area contributed by atoms with Crippen LogP contribution >= 0.6 is 0 Å². The van der Waals surface area contributed by atoms with Crippen LogP contribution in [-0.4, -0.2) is 29.8 Å². The van der Waals surface area contributed by atoms with Crippen LogP contribution in [-0.2, 0) is 5.41 Å². The highest BCUT2D eigenvalue weighted by Crippen LogP contribution is 2.29. The Morgan fingerprint density at radius 1 is 1.04 bits per heavy atom. The summed E-state index contributed by atoms with van der Waals surface area (Å²) in [7, 11) is 0. The highest BCUT2D eigenvalue weighted by atomic mass is 16.2. The molecule has 3 rings (SSSR count). The van der Waals surface area contributed by atoms with Crippen LogP contribution in [0.4, 0.5) is 5.69 Å². The number of carbonyl (C=O) groups is 2. The molecule has 0 aliphatic carbocycles. The maximum atomic E-state index is 12.9. The normalized spacial score (nSPS) is 17.3. The molecule has 4 heteroatoms. The number of nitrogens with one attached hydrogen (secondary N) is 1. The van der Waals surface area contributed by atoms with Crippen molar-refractivity contribution in [3.8, 4) is 0 Å². The van der Waals surface area contributed by atoms with Gasteiger partial charge in [0.1, 0.15) is 0 Å². The number of para-hydroxylation sites is 1. The van der Waals surface area contributed by atoms with E-state index in [0.717, 1.165) is 30.8 Å². The average molecular weight is 379 g/mol. The summed E-state index contributed by atoms with van der Waals surface area (Å²) >= 11 is 0. The molecule has 1 aliphatic rings. The molecule has 0 saturated carbocycles. The molecule has 2 aromatic rings. The third-order valence-corrected chi connectivity index (χ3v) is 5.30. The maximum Gasteiger partial charge on any atom is 0.255 e. The third-order valence-electron chi connectivity index (χ3n) is 5.30. The van der Waals surface area contributed by atoms with Crippen molar-refractivity contribution in [3.63, 3.8) is 0 Å². The largest absolute Gasteiger partial charge is 0.338 e. The Labute approximate surface area is 167 Å². The average Bonchev–Trinajstić information content (AvgIpc) is 2.67. The predicted molar refractivity (Wildman–Crippen MR) is 114 cm³/mol. The van der Waals surface area contributed by atoms with Crippen molar-refractivity contribution in [3.05, 3.63) is 65.2 Å². The zero-order chi connectivity index (χ0) is 20.3. The summed E-state index contributed by atoms with van der Waals surface area (Å²) in [6.45, 7) is 10.1. The number of hydrogen-bond acceptors (Lipinski definition) is 2. The van der Waals surface area contributed by atoms with Crippen LogP contribution in [0, 0.1) is 5.92 Å². The summed E-state index contributed by atoms with van der Waals surface area (Å²) in [5, 5.41) is 3.02. The molecule has 0 bridgehead atoms. The third kappa shape index (κ3) is 4.61. The first-order chi connectivity index (χ1) is 13.3. The fourth-order valence-corrected chi connectivity index (χ4v) is 3.79. The van der Waals surface area contributed by atoms with Gasteiger partial charge in [-0.3, -0.25) is 9.59 Å². The number of amides is 2. The molecule has 28 heavy (non-hydrogen) atoms. The number of nitrogens with zero attached hydrogens (tertiary/aromatic N) is 1. The molecule has 1 aliphatic heterocycles. The lowest BCUT2D eigenvalue weighted by molar-refractivity contribution is 0.0683. The molecule has 1 saturated heterocycles. The molecule has 0 radical (unpaired) electrons. The number of benzene rings is 2. The molecule has 4 nitrogen and oxygen atoms in total. The van der Waals surface area contributed by atoms with E-state index in [2.05, 4.69) is 33.0 Å². The van der Waals surface area contributed by atoms with Crippen molar-refractivity contribution in [1.29, 1.82) is 0 Å². The van der Waals surface area contributed by atoms with E-state index in [9.17, 15) is 9.59 Å². The van der Waals surface area contributed by atoms with Gasteiger partial charge in [-0.1, -0.05) is 52.0 Å². The van der Waals surface area contributed by atoms with E-state index < -0.39 is 0 Å². The van der Waals surface area contributed by atoms with Gasteiger partial charge in [0.05, 0.1) is 0 Å². The Bertz CT molecular complexity index is 867. The van der Waals surface area contributed by atoms with E-state index in [-0.39, 0.29) is 17.2 Å². The van der Waals surface area contributed by atoms with Crippen molar-refractivity contribution >= 4 is 17.5 Å². The Balaban J connectivity index is 1.79. The lowest BCUT2D eigenvalue weighted by Gasteiger charge is -2.31. The van der Waals surface area contributed by atoms with Crippen molar-refractivity contribution in [2.45, 2.75) is 46.0 Å². The summed E-state index contributed by atoms with van der Waals surface area (Å²) in [4.78, 5) is 27.6. The van der Waals surface area contributed by atoms with Crippen LogP contribution < -0.4 is 5.32 Å². The first-order valence-electron chi connectivity index (χ1n) is 10.1. The monoisotopic (exact) mass is 378 g/mol. The van der Waals surface area contributed by atoms with Crippen LogP contribution in [0.3, 0.4) is 0 Å². The molecule has 1 fully saturated rings. The molecule has 1 unspecified atom stereocenters. The molecule has 1 N–H and O–H groups in total. The standard InChI is InChI=1S/C24H30N2O2/c1-17-9-8-14-26(16-17)23(28)19-11-7-10-18(15-19)22(27)25-21-13-6-5-12-20(21)24(2,3)4/h5-7,10-13,15,17H,8-9,14,16H2,1-4H3,(H,25,27). The molecule has 2 aromatic carbocycles. The molecular weight excluding hydrogens is 348 g/mol. The van der Waals surface area contributed by atoms with Gasteiger partial charge in [-0.05, 0) is 54.0 Å². The van der Waals surface area contributed by atoms with E-state index in [1.54, 1.807) is 24.3 Å². The predicted octanol–water partition coefficient (Wildman–Crippen LogP) is 5.11. The van der Waals surface area contributed by atoms with E-state index in [4.69, 9.17) is 0 Å². The first kappa shape index (κ1) is 20.1. The smallest absolute Gasteiger partial charge is 0.255 e. The number of piperidine rings is 1. The van der Waals surface area contributed by atoms with Crippen LogP contribution in [0.15, 0.2) is 48.5 Å². The Kier molecular flexibility index (Phi) is 5.87. The molecule has 1 heterocycles. The Morgan fingerprint density at radius 2 is 1.75 bits per heavy atom. The van der Waals surface area contributed by atoms with Gasteiger partial charge in [0, 0.05) is 29.9 Å². The molecule has 0 spiro atoms. The quantitative estimate of drug-likeness (QED) is 0.807. The minimum Gasteiger partial charge on any atom is -0.338 e. The number of likely N-dealkylation sites (tertiary alicyclic amines) is 1. The van der Waals surface area contributed by atoms with Gasteiger partial charge in [0.15, 0.2) is 0 Å². The molecule has 0 aromatic heterocycles. The van der Waals surface area contributed by atoms with Crippen molar-refractivity contribution in [1.82, 2.24) is 4.90 Å². The van der Waals surface area contributed by atoms with E-state index in [0.29, 0.717) is 17.0 Å². The summed E-state index contributed by atoms with van der Waals surface area (Å²) in [6.07, 6.45) is 2.20. The minimum absolute atomic E-state index is 0.0105. The lowest BCUT2D eigenvalue weighted by atomic mass is 9.86. The topological polar surface area (TPSA) is 49.4 Å². The SMILES string of the molecule is CC1CCCN(C(=O)c2cccc(C(=O)Nc3ccccc3C(C)(C)C)c2)C1. The molecule has 2 amide bonds. The fraction of sp³-hybridized carbons (Fsp3) is 0.417. The van der Waals surface area contributed by atoms with Crippen LogP contribution in [0.1, 0.15) is 66.8 Å². The zero-order valence-corrected chi connectivity index (χ0v) is 17.3. The first-order valence-corrected chi connectivity index (χ1v) is 10.1. The van der Waals surface area contributed by atoms with Crippen molar-refractivity contribution in [2.75, 3.05) is 18.4 Å². The minimum atomic E-state index is -0.196. The fourth-order valence-electron chi connectivity index (χ4n) is 3.79. The Morgan fingerprint density at radius 3 is 2.46 bits per heavy atom. The summed E-state index contributed by atoms with van der Waals surface area (Å²) < 4.78 is 0. The molecular formula is C24H30N2O2. The second-order valence-corrected chi connectivity index (χ2v) is 8.83. The zero-order valence-electron chi connectivity index (χ0n) is 17.3. The van der Waals surface area contributed by atoms with Crippen LogP contribution in [0.25, 0.3) is 0 Å². The van der Waals surface area contributed by atoms with Crippen LogP contribution in [0.2, 0.25) is 0 Å². The van der Waals surface area contributed by atoms with Crippen molar-refractivity contribution in [2.24, 2.45) is 5.92 Å². The van der Waals surface area contributed by atoms with Gasteiger partial charge in [0.2, 0.25) is 0 Å². The van der Waals surface area contributed by atoms with Gasteiger partial charge in [-0.2, -0.15) is 0 Å². The Hall–Kier alpha value is -2.62. The number of hydrogen-bond donors (Lipinski definition) is 1. The van der Waals surface area contributed by atoms with E-state index in [1.807, 2.05) is 29.2 Å². The van der Waals surface area contributed by atoms with E-state index in [1.165, 1.54) is 6.42 Å². The van der Waals surface area contributed by atoms with Gasteiger partial charge in [-0.25, -0.2) is 0 Å². The second-order valence-electron chi connectivity index (χ2n) is 8.83. The second kappa shape index (κ2) is 8.17. The van der Waals surface area contributed by atoms with Gasteiger partial charge in [-0.15, -0.1) is 0 Å². The highest BCUT2D eigenvalue weighted by molar-refractivity contribution is 6.06. The maximum absolute atomic E-state index is 12.9. The van der Waals surface area contributed by atoms with Gasteiger partial charge >= 0.3 is 0 Å². The molecule has 148 valence electrons. The number of carbonyl (C=O) groups excluding carboxylic acids is 2. The van der Waals surface area contributed by atoms with Gasteiger partial charge < -0.3 is 10.2 Å². The summed E-state index contributed by atoms with van der Waals surface area (Å²) in [5.41, 5.74) is 2.89. The van der Waals surface area contributed by atoms with Gasteiger partial charge in [0.25, 0.3) is 11.8 Å². The van der Waals surface area contributed by atoms with Crippen LogP contribution in [0.5, 0.6) is 0 Å². The summed E-state index contributed by atoms with van der Waals surface area (Å²) in [6, 6.07) is 14.9. The highest BCUT2D eigenvalue weighted by Gasteiger charge is 2.23. The number of anilines is 1. The molecule has 1 atom stereocenters. The van der Waals surface area contributed by atoms with E-state index >= 15 is 0 Å². The number of rotatable bonds is 3. The lowest BCUT2D eigenvalue weighted by Crippen LogP contribution is -2.39.